The van der Waals surface area contributed by atoms with Crippen molar-refractivity contribution >= 4 is 33.9 Å². The van der Waals surface area contributed by atoms with Crippen molar-refractivity contribution in [1.82, 2.24) is 9.27 Å². The Balaban J connectivity index is 1.39. The summed E-state index contributed by atoms with van der Waals surface area (Å²) in [6.07, 6.45) is 0.722. The second-order valence-electron chi connectivity index (χ2n) is 9.46. The first-order valence-corrected chi connectivity index (χ1v) is 13.6. The number of allylic oxidation sites excluding steroid dienone is 1. The Kier molecular flexibility index (Phi) is 7.71. The molecule has 3 heterocycles. The van der Waals surface area contributed by atoms with Crippen LogP contribution in [0.25, 0.3) is 0 Å². The van der Waals surface area contributed by atoms with Gasteiger partial charge in [0.25, 0.3) is 5.69 Å². The Labute approximate surface area is 226 Å². The van der Waals surface area contributed by atoms with E-state index >= 15 is 0 Å². The lowest BCUT2D eigenvalue weighted by Gasteiger charge is -2.36. The third kappa shape index (κ3) is 5.27. The minimum absolute atomic E-state index is 0.00975. The van der Waals surface area contributed by atoms with E-state index in [1.54, 1.807) is 19.1 Å². The molecule has 1 N–H and O–H groups in total. The molecule has 198 valence electrons. The fourth-order valence-corrected chi connectivity index (χ4v) is 6.18. The molecular weight excluding hydrogens is 502 g/mol. The molecule has 2 aliphatic rings. The molecule has 3 aromatic rings. The molecule has 1 fully saturated rings. The van der Waals surface area contributed by atoms with Crippen molar-refractivity contribution in [2.75, 3.05) is 49.5 Å². The fraction of sp³-hybridized carbons (Fsp3) is 0.357. The summed E-state index contributed by atoms with van der Waals surface area (Å²) in [5, 5.41) is 15.8. The summed E-state index contributed by atoms with van der Waals surface area (Å²) in [6.45, 7) is 8.55. The lowest BCUT2D eigenvalue weighted by atomic mass is 9.81. The quantitative estimate of drug-likeness (QED) is 0.250. The highest BCUT2D eigenvalue weighted by Gasteiger charge is 2.37. The van der Waals surface area contributed by atoms with Gasteiger partial charge in [0, 0.05) is 74.1 Å². The van der Waals surface area contributed by atoms with E-state index < -0.39 is 16.8 Å². The van der Waals surface area contributed by atoms with Crippen LogP contribution in [0, 0.1) is 10.1 Å². The maximum absolute atomic E-state index is 13.1. The number of nitro groups is 1. The molecule has 0 bridgehead atoms. The Morgan fingerprint density at radius 2 is 1.92 bits per heavy atom. The maximum atomic E-state index is 13.1. The minimum atomic E-state index is -0.492. The highest BCUT2D eigenvalue weighted by Crippen LogP contribution is 2.46. The van der Waals surface area contributed by atoms with Gasteiger partial charge in [0.1, 0.15) is 5.00 Å². The third-order valence-corrected chi connectivity index (χ3v) is 7.97. The number of hydrogen-bond donors (Lipinski definition) is 1. The number of fused-ring (bicyclic) bond motifs is 1. The van der Waals surface area contributed by atoms with Crippen LogP contribution in [0.2, 0.25) is 0 Å². The molecule has 38 heavy (non-hydrogen) atoms. The van der Waals surface area contributed by atoms with E-state index in [0.29, 0.717) is 16.8 Å². The van der Waals surface area contributed by atoms with Gasteiger partial charge in [0.05, 0.1) is 22.8 Å². The summed E-state index contributed by atoms with van der Waals surface area (Å²) in [5.41, 5.74) is 4.89. The number of nitro benzene ring substituents is 1. The van der Waals surface area contributed by atoms with Crippen LogP contribution in [0.1, 0.15) is 36.6 Å². The van der Waals surface area contributed by atoms with Gasteiger partial charge in [-0.3, -0.25) is 15.0 Å². The zero-order chi connectivity index (χ0) is 26.6. The van der Waals surface area contributed by atoms with E-state index in [0.717, 1.165) is 55.4 Å². The van der Waals surface area contributed by atoms with Gasteiger partial charge < -0.3 is 15.0 Å². The average Bonchev–Trinajstić information content (AvgIpc) is 3.34. The van der Waals surface area contributed by atoms with Crippen LogP contribution < -0.4 is 10.2 Å². The number of carbonyl (C=O) groups is 1. The highest BCUT2D eigenvalue weighted by atomic mass is 32.1. The van der Waals surface area contributed by atoms with Crippen LogP contribution in [0.15, 0.2) is 65.9 Å². The molecule has 0 saturated carbocycles. The van der Waals surface area contributed by atoms with Crippen molar-refractivity contribution < 1.29 is 14.5 Å². The molecular formula is C28H31N5O4S. The average molecular weight is 534 g/mol. The molecule has 10 heteroatoms. The Morgan fingerprint density at radius 1 is 1.16 bits per heavy atom. The van der Waals surface area contributed by atoms with Crippen LogP contribution in [-0.2, 0) is 16.0 Å². The third-order valence-electron chi connectivity index (χ3n) is 7.15. The summed E-state index contributed by atoms with van der Waals surface area (Å²) in [4.78, 5) is 29.1. The van der Waals surface area contributed by atoms with Gasteiger partial charge >= 0.3 is 5.97 Å². The lowest BCUT2D eigenvalue weighted by molar-refractivity contribution is -0.384. The van der Waals surface area contributed by atoms with E-state index in [1.807, 2.05) is 19.1 Å². The van der Waals surface area contributed by atoms with E-state index in [9.17, 15) is 14.9 Å². The number of para-hydroxylation sites is 1. The number of nitrogens with one attached hydrogen (secondary N) is 1. The van der Waals surface area contributed by atoms with Crippen molar-refractivity contribution in [2.24, 2.45) is 0 Å². The van der Waals surface area contributed by atoms with E-state index in [4.69, 9.17) is 9.11 Å². The number of carbonyl (C=O) groups excluding carboxylic acids is 1. The van der Waals surface area contributed by atoms with Gasteiger partial charge in [-0.1, -0.05) is 30.3 Å². The Hall–Kier alpha value is -3.76. The number of rotatable bonds is 8. The second kappa shape index (κ2) is 11.3. The van der Waals surface area contributed by atoms with Crippen LogP contribution in [-0.4, -0.2) is 59.5 Å². The zero-order valence-electron chi connectivity index (χ0n) is 21.6. The van der Waals surface area contributed by atoms with E-state index in [2.05, 4.69) is 39.4 Å². The number of piperazine rings is 1. The van der Waals surface area contributed by atoms with Crippen LogP contribution in [0.4, 0.5) is 16.4 Å². The van der Waals surface area contributed by atoms with Crippen molar-refractivity contribution in [3.8, 4) is 0 Å². The number of hydrogen-bond acceptors (Lipinski definition) is 9. The Bertz CT molecular complexity index is 1350. The molecule has 9 nitrogen and oxygen atoms in total. The minimum Gasteiger partial charge on any atom is -0.463 e. The fourth-order valence-electron chi connectivity index (χ4n) is 5.26. The normalized spacial score (nSPS) is 17.6. The largest absolute Gasteiger partial charge is 0.463 e. The summed E-state index contributed by atoms with van der Waals surface area (Å²) < 4.78 is 10.2. The van der Waals surface area contributed by atoms with Gasteiger partial charge in [-0.05, 0) is 43.1 Å². The summed E-state index contributed by atoms with van der Waals surface area (Å²) >= 11 is 1.37. The Morgan fingerprint density at radius 3 is 2.63 bits per heavy atom. The summed E-state index contributed by atoms with van der Waals surface area (Å²) in [6, 6.07) is 17.0. The van der Waals surface area contributed by atoms with Crippen LogP contribution >= 0.6 is 11.5 Å². The van der Waals surface area contributed by atoms with E-state index in [-0.39, 0.29) is 12.3 Å². The lowest BCUT2D eigenvalue weighted by Crippen LogP contribution is -2.47. The molecule has 1 aromatic heterocycles. The van der Waals surface area contributed by atoms with Crippen molar-refractivity contribution in [3.05, 3.63) is 92.8 Å². The topological polar surface area (TPSA) is 101 Å². The molecule has 0 spiro atoms. The SMILES string of the molecule is CCOC(=O)C1=C(C)Nc2snc(CCN3CCN(c4ccccc4)CC3)c2C1c1cccc([N+](=O)[O-])c1. The number of nitrogens with zero attached hydrogens (tertiary/aromatic N) is 4. The van der Waals surface area contributed by atoms with Gasteiger partial charge in [-0.25, -0.2) is 4.79 Å². The number of benzene rings is 2. The van der Waals surface area contributed by atoms with Crippen molar-refractivity contribution in [2.45, 2.75) is 26.2 Å². The number of aromatic nitrogens is 1. The number of anilines is 2. The van der Waals surface area contributed by atoms with Gasteiger partial charge in [-0.15, -0.1) is 0 Å². The van der Waals surface area contributed by atoms with Crippen LogP contribution in [0.3, 0.4) is 0 Å². The van der Waals surface area contributed by atoms with Crippen molar-refractivity contribution in [1.29, 1.82) is 0 Å². The van der Waals surface area contributed by atoms with Crippen molar-refractivity contribution in [3.63, 3.8) is 0 Å². The maximum Gasteiger partial charge on any atom is 0.336 e. The molecule has 2 aromatic carbocycles. The first-order chi connectivity index (χ1) is 18.5. The molecule has 1 unspecified atom stereocenters. The molecule has 2 aliphatic heterocycles. The van der Waals surface area contributed by atoms with Crippen LogP contribution in [0.5, 0.6) is 0 Å². The summed E-state index contributed by atoms with van der Waals surface area (Å²) in [7, 11) is 0. The number of non-ortho nitro benzene ring substituents is 1. The summed E-state index contributed by atoms with van der Waals surface area (Å²) in [5.74, 6) is -0.914. The first kappa shape index (κ1) is 25.9. The molecule has 5 rings (SSSR count). The standard InChI is InChI=1S/C28H31N5O4S/c1-3-37-28(34)24-19(2)29-27-26(25(24)20-8-7-11-22(18-20)33(35)36)23(30-38-27)12-13-31-14-16-32(17-15-31)21-9-5-4-6-10-21/h4-11,18,25,29H,3,12-17H2,1-2H3. The predicted molar refractivity (Wildman–Crippen MR) is 149 cm³/mol. The van der Waals surface area contributed by atoms with Gasteiger partial charge in [0.15, 0.2) is 0 Å². The molecule has 1 saturated heterocycles. The molecule has 1 atom stereocenters. The van der Waals surface area contributed by atoms with Gasteiger partial charge in [-0.2, -0.15) is 4.37 Å². The molecule has 0 radical (unpaired) electrons. The number of esters is 1. The predicted octanol–water partition coefficient (Wildman–Crippen LogP) is 4.81. The van der Waals surface area contributed by atoms with Gasteiger partial charge in [0.2, 0.25) is 0 Å². The van der Waals surface area contributed by atoms with E-state index in [1.165, 1.54) is 23.3 Å². The first-order valence-electron chi connectivity index (χ1n) is 12.9. The smallest absolute Gasteiger partial charge is 0.336 e. The molecule has 0 aliphatic carbocycles. The zero-order valence-corrected chi connectivity index (χ0v) is 22.4. The number of ether oxygens (including phenoxy) is 1. The highest BCUT2D eigenvalue weighted by molar-refractivity contribution is 7.10. The molecule has 0 amide bonds. The monoisotopic (exact) mass is 533 g/mol. The second-order valence-corrected chi connectivity index (χ2v) is 10.2.